The molecular weight excluding hydrogens is 234 g/mol. The Balaban J connectivity index is 1.70. The van der Waals surface area contributed by atoms with Gasteiger partial charge in [0.1, 0.15) is 0 Å². The van der Waals surface area contributed by atoms with E-state index in [9.17, 15) is 0 Å². The number of benzene rings is 1. The first-order chi connectivity index (χ1) is 9.15. The molecule has 1 saturated heterocycles. The summed E-state index contributed by atoms with van der Waals surface area (Å²) in [7, 11) is 2.20. The molecule has 0 spiro atoms. The van der Waals surface area contributed by atoms with E-state index in [4.69, 9.17) is 0 Å². The molecule has 106 valence electrons. The van der Waals surface area contributed by atoms with E-state index in [1.165, 1.54) is 37.3 Å². The van der Waals surface area contributed by atoms with Gasteiger partial charge >= 0.3 is 0 Å². The molecule has 1 aromatic carbocycles. The molecule has 2 rings (SSSR count). The molecule has 1 aromatic rings. The third kappa shape index (κ3) is 4.60. The largest absolute Gasteiger partial charge is 0.309 e. The highest BCUT2D eigenvalue weighted by Gasteiger charge is 2.13. The first-order valence-electron chi connectivity index (χ1n) is 7.36. The normalized spacial score (nSPS) is 19.5. The fourth-order valence-corrected chi connectivity index (χ4v) is 2.57. The summed E-state index contributed by atoms with van der Waals surface area (Å²) in [6.07, 6.45) is 0. The van der Waals surface area contributed by atoms with Crippen molar-refractivity contribution in [1.82, 2.24) is 15.1 Å². The fraction of sp³-hybridized carbons (Fsp3) is 0.625. The summed E-state index contributed by atoms with van der Waals surface area (Å²) in [5.41, 5.74) is 2.73. The zero-order chi connectivity index (χ0) is 13.7. The summed E-state index contributed by atoms with van der Waals surface area (Å²) >= 11 is 0. The van der Waals surface area contributed by atoms with E-state index in [1.54, 1.807) is 0 Å². The molecule has 1 aliphatic heterocycles. The van der Waals surface area contributed by atoms with E-state index < -0.39 is 0 Å². The van der Waals surface area contributed by atoms with Crippen molar-refractivity contribution in [2.24, 2.45) is 0 Å². The van der Waals surface area contributed by atoms with Crippen molar-refractivity contribution in [2.75, 3.05) is 46.3 Å². The van der Waals surface area contributed by atoms with Gasteiger partial charge in [-0.2, -0.15) is 0 Å². The van der Waals surface area contributed by atoms with Gasteiger partial charge in [0.05, 0.1) is 0 Å². The Morgan fingerprint density at radius 2 is 1.95 bits per heavy atom. The summed E-state index contributed by atoms with van der Waals surface area (Å²) < 4.78 is 0. The molecule has 1 fully saturated rings. The second-order valence-electron chi connectivity index (χ2n) is 5.73. The van der Waals surface area contributed by atoms with Gasteiger partial charge in [0, 0.05) is 45.3 Å². The summed E-state index contributed by atoms with van der Waals surface area (Å²) in [6, 6.07) is 9.21. The molecule has 19 heavy (non-hydrogen) atoms. The van der Waals surface area contributed by atoms with E-state index in [-0.39, 0.29) is 0 Å². The van der Waals surface area contributed by atoms with Crippen LogP contribution in [-0.4, -0.2) is 56.1 Å². The maximum Gasteiger partial charge on any atom is 0.0292 e. The number of hydrogen-bond acceptors (Lipinski definition) is 3. The Bertz CT molecular complexity index is 383. The lowest BCUT2D eigenvalue weighted by Gasteiger charge is -2.32. The van der Waals surface area contributed by atoms with Crippen molar-refractivity contribution in [2.45, 2.75) is 19.9 Å². The van der Waals surface area contributed by atoms with Crippen LogP contribution in [0.15, 0.2) is 24.3 Å². The van der Waals surface area contributed by atoms with Gasteiger partial charge in [-0.05, 0) is 26.5 Å². The summed E-state index contributed by atoms with van der Waals surface area (Å²) in [6.45, 7) is 11.4. The molecule has 0 bridgehead atoms. The van der Waals surface area contributed by atoms with Gasteiger partial charge < -0.3 is 10.2 Å². The van der Waals surface area contributed by atoms with Crippen molar-refractivity contribution in [3.05, 3.63) is 35.4 Å². The quantitative estimate of drug-likeness (QED) is 0.873. The molecule has 0 aliphatic carbocycles. The van der Waals surface area contributed by atoms with Gasteiger partial charge in [0.2, 0.25) is 0 Å². The van der Waals surface area contributed by atoms with Gasteiger partial charge in [0.15, 0.2) is 0 Å². The summed E-state index contributed by atoms with van der Waals surface area (Å²) in [4.78, 5) is 4.95. The maximum absolute atomic E-state index is 3.63. The monoisotopic (exact) mass is 261 g/mol. The van der Waals surface area contributed by atoms with E-state index >= 15 is 0 Å². The smallest absolute Gasteiger partial charge is 0.0292 e. The molecule has 0 amide bonds. The molecule has 1 aliphatic rings. The third-order valence-electron chi connectivity index (χ3n) is 4.02. The van der Waals surface area contributed by atoms with Crippen molar-refractivity contribution >= 4 is 0 Å². The lowest BCUT2D eigenvalue weighted by Crippen LogP contribution is -2.46. The predicted molar refractivity (Wildman–Crippen MR) is 81.5 cm³/mol. The number of rotatable bonds is 5. The number of likely N-dealkylation sites (N-methyl/N-ethyl adjacent to an activating group) is 1. The number of hydrogen-bond donors (Lipinski definition) is 1. The molecule has 0 unspecified atom stereocenters. The minimum atomic E-state index is 0.437. The number of aryl methyl sites for hydroxylation is 1. The lowest BCUT2D eigenvalue weighted by molar-refractivity contribution is 0.154. The molecule has 0 saturated carbocycles. The molecule has 1 atom stereocenters. The highest BCUT2D eigenvalue weighted by Crippen LogP contribution is 2.13. The SMILES string of the molecule is Cc1cccc([C@H](C)NCCN2CCN(C)CC2)c1. The van der Waals surface area contributed by atoms with Crippen molar-refractivity contribution in [3.8, 4) is 0 Å². The first-order valence-corrected chi connectivity index (χ1v) is 7.36. The van der Waals surface area contributed by atoms with Crippen molar-refractivity contribution < 1.29 is 0 Å². The van der Waals surface area contributed by atoms with Gasteiger partial charge in [-0.15, -0.1) is 0 Å². The van der Waals surface area contributed by atoms with Crippen LogP contribution >= 0.6 is 0 Å². The molecule has 0 radical (unpaired) electrons. The van der Waals surface area contributed by atoms with Crippen LogP contribution < -0.4 is 5.32 Å². The number of piperazine rings is 1. The highest BCUT2D eigenvalue weighted by atomic mass is 15.2. The van der Waals surface area contributed by atoms with Crippen LogP contribution in [0.3, 0.4) is 0 Å². The highest BCUT2D eigenvalue weighted by molar-refractivity contribution is 5.24. The predicted octanol–water partition coefficient (Wildman–Crippen LogP) is 1.89. The number of nitrogens with zero attached hydrogens (tertiary/aromatic N) is 2. The van der Waals surface area contributed by atoms with E-state index in [0.29, 0.717) is 6.04 Å². The van der Waals surface area contributed by atoms with Crippen LogP contribution in [0.1, 0.15) is 24.1 Å². The molecule has 1 heterocycles. The van der Waals surface area contributed by atoms with Crippen LogP contribution in [0.25, 0.3) is 0 Å². The first kappa shape index (κ1) is 14.5. The fourth-order valence-electron chi connectivity index (χ4n) is 2.57. The Hall–Kier alpha value is -0.900. The van der Waals surface area contributed by atoms with Gasteiger partial charge in [0.25, 0.3) is 0 Å². The second-order valence-corrected chi connectivity index (χ2v) is 5.73. The van der Waals surface area contributed by atoms with Crippen LogP contribution in [0.5, 0.6) is 0 Å². The van der Waals surface area contributed by atoms with Crippen molar-refractivity contribution in [3.63, 3.8) is 0 Å². The van der Waals surface area contributed by atoms with Crippen LogP contribution in [0, 0.1) is 6.92 Å². The van der Waals surface area contributed by atoms with E-state index in [0.717, 1.165) is 13.1 Å². The van der Waals surface area contributed by atoms with Gasteiger partial charge in [-0.1, -0.05) is 29.8 Å². The third-order valence-corrected chi connectivity index (χ3v) is 4.02. The minimum absolute atomic E-state index is 0.437. The zero-order valence-electron chi connectivity index (χ0n) is 12.5. The van der Waals surface area contributed by atoms with Crippen LogP contribution in [-0.2, 0) is 0 Å². The Morgan fingerprint density at radius 3 is 2.63 bits per heavy atom. The summed E-state index contributed by atoms with van der Waals surface area (Å²) in [5, 5.41) is 3.63. The molecule has 3 nitrogen and oxygen atoms in total. The zero-order valence-corrected chi connectivity index (χ0v) is 12.5. The molecular formula is C16H27N3. The van der Waals surface area contributed by atoms with Crippen LogP contribution in [0.4, 0.5) is 0 Å². The van der Waals surface area contributed by atoms with Crippen molar-refractivity contribution in [1.29, 1.82) is 0 Å². The average molecular weight is 261 g/mol. The van der Waals surface area contributed by atoms with Crippen LogP contribution in [0.2, 0.25) is 0 Å². The standard InChI is InChI=1S/C16H27N3/c1-14-5-4-6-16(13-14)15(2)17-7-8-19-11-9-18(3)10-12-19/h4-6,13,15,17H,7-12H2,1-3H3/t15-/m0/s1. The Labute approximate surface area is 117 Å². The number of nitrogens with one attached hydrogen (secondary N) is 1. The summed E-state index contributed by atoms with van der Waals surface area (Å²) in [5.74, 6) is 0. The average Bonchev–Trinajstić information content (AvgIpc) is 2.41. The van der Waals surface area contributed by atoms with Gasteiger partial charge in [-0.3, -0.25) is 4.90 Å². The minimum Gasteiger partial charge on any atom is -0.309 e. The second kappa shape index (κ2) is 7.04. The molecule has 3 heteroatoms. The van der Waals surface area contributed by atoms with E-state index in [1.807, 2.05) is 0 Å². The maximum atomic E-state index is 3.63. The lowest BCUT2D eigenvalue weighted by atomic mass is 10.1. The Morgan fingerprint density at radius 1 is 1.21 bits per heavy atom. The molecule has 1 N–H and O–H groups in total. The topological polar surface area (TPSA) is 18.5 Å². The molecule has 0 aromatic heterocycles. The van der Waals surface area contributed by atoms with Gasteiger partial charge in [-0.25, -0.2) is 0 Å². The van der Waals surface area contributed by atoms with E-state index in [2.05, 4.69) is 60.3 Å². The Kier molecular flexibility index (Phi) is 5.37.